The number of carbonyl (C=O) groups excluding carboxylic acids is 1. The summed E-state index contributed by atoms with van der Waals surface area (Å²) in [6, 6.07) is 4.23. The van der Waals surface area contributed by atoms with Gasteiger partial charge in [0.15, 0.2) is 0 Å². The molecule has 1 N–H and O–H groups in total. The van der Waals surface area contributed by atoms with Crippen molar-refractivity contribution in [2.75, 3.05) is 46.6 Å². The van der Waals surface area contributed by atoms with E-state index in [0.29, 0.717) is 24.5 Å². The maximum Gasteiger partial charge on any atom is 0.224 e. The molecule has 2 aliphatic rings. The number of morpholine rings is 1. The van der Waals surface area contributed by atoms with Crippen LogP contribution in [0.5, 0.6) is 5.75 Å². The van der Waals surface area contributed by atoms with Gasteiger partial charge in [-0.1, -0.05) is 0 Å². The van der Waals surface area contributed by atoms with Gasteiger partial charge in [0.25, 0.3) is 0 Å². The highest BCUT2D eigenvalue weighted by Crippen LogP contribution is 2.40. The molecular formula is C20H29FN2O4. The fraction of sp³-hybridized carbons (Fsp3) is 0.650. The summed E-state index contributed by atoms with van der Waals surface area (Å²) >= 11 is 0. The van der Waals surface area contributed by atoms with Gasteiger partial charge in [0.2, 0.25) is 5.91 Å². The predicted molar refractivity (Wildman–Crippen MR) is 99.4 cm³/mol. The highest BCUT2D eigenvalue weighted by Gasteiger charge is 2.49. The molecule has 1 aromatic rings. The van der Waals surface area contributed by atoms with Crippen molar-refractivity contribution in [2.45, 2.75) is 37.8 Å². The van der Waals surface area contributed by atoms with E-state index < -0.39 is 0 Å². The lowest BCUT2D eigenvalue weighted by atomic mass is 9.72. The van der Waals surface area contributed by atoms with Gasteiger partial charge < -0.3 is 19.5 Å². The minimum atomic E-state index is -0.373. The van der Waals surface area contributed by atoms with Crippen LogP contribution in [-0.2, 0) is 20.7 Å². The highest BCUT2D eigenvalue weighted by molar-refractivity contribution is 5.79. The van der Waals surface area contributed by atoms with Crippen molar-refractivity contribution >= 4 is 5.91 Å². The normalized spacial score (nSPS) is 25.7. The van der Waals surface area contributed by atoms with Crippen molar-refractivity contribution in [2.24, 2.45) is 0 Å². The number of benzene rings is 1. The molecule has 7 heteroatoms. The molecule has 1 saturated heterocycles. The number of nitrogens with zero attached hydrogens (tertiary/aromatic N) is 1. The summed E-state index contributed by atoms with van der Waals surface area (Å²) in [5.74, 6) is 0.0165. The molecule has 0 radical (unpaired) electrons. The lowest BCUT2D eigenvalue weighted by Crippen LogP contribution is -2.67. The zero-order valence-electron chi connectivity index (χ0n) is 16.1. The van der Waals surface area contributed by atoms with Crippen molar-refractivity contribution in [1.82, 2.24) is 10.2 Å². The van der Waals surface area contributed by atoms with Crippen LogP contribution in [0.4, 0.5) is 4.39 Å². The number of hydrogen-bond acceptors (Lipinski definition) is 5. The molecule has 0 unspecified atom stereocenters. The summed E-state index contributed by atoms with van der Waals surface area (Å²) in [6.45, 7) is 6.44. The zero-order chi connectivity index (χ0) is 19.3. The molecule has 0 atom stereocenters. The fourth-order valence-corrected chi connectivity index (χ4v) is 4.08. The number of amides is 1. The third-order valence-electron chi connectivity index (χ3n) is 5.51. The third-order valence-corrected chi connectivity index (χ3v) is 5.51. The largest absolute Gasteiger partial charge is 0.496 e. The Kier molecular flexibility index (Phi) is 6.68. The molecule has 2 fully saturated rings. The van der Waals surface area contributed by atoms with E-state index in [1.54, 1.807) is 6.07 Å². The minimum Gasteiger partial charge on any atom is -0.496 e. The van der Waals surface area contributed by atoms with Crippen LogP contribution in [0.25, 0.3) is 0 Å². The molecule has 27 heavy (non-hydrogen) atoms. The number of rotatable bonds is 8. The van der Waals surface area contributed by atoms with Crippen molar-refractivity contribution in [3.8, 4) is 5.75 Å². The van der Waals surface area contributed by atoms with E-state index >= 15 is 0 Å². The summed E-state index contributed by atoms with van der Waals surface area (Å²) in [5.41, 5.74) is 0.474. The van der Waals surface area contributed by atoms with Gasteiger partial charge in [-0.25, -0.2) is 4.39 Å². The Labute approximate surface area is 160 Å². The first-order valence-electron chi connectivity index (χ1n) is 9.60. The molecule has 1 heterocycles. The van der Waals surface area contributed by atoms with E-state index in [2.05, 4.69) is 10.2 Å². The van der Waals surface area contributed by atoms with Gasteiger partial charge in [-0.2, -0.15) is 0 Å². The van der Waals surface area contributed by atoms with Gasteiger partial charge in [-0.3, -0.25) is 9.69 Å². The van der Waals surface area contributed by atoms with Crippen molar-refractivity contribution in [3.63, 3.8) is 0 Å². The second kappa shape index (κ2) is 8.99. The Morgan fingerprint density at radius 1 is 1.37 bits per heavy atom. The molecular weight excluding hydrogens is 351 g/mol. The lowest BCUT2D eigenvalue weighted by Gasteiger charge is -2.55. The number of methoxy groups -OCH3 is 1. The Bertz CT molecular complexity index is 643. The maximum absolute atomic E-state index is 13.5. The summed E-state index contributed by atoms with van der Waals surface area (Å²) in [7, 11) is 1.52. The van der Waals surface area contributed by atoms with E-state index in [1.807, 2.05) is 6.92 Å². The Hall–Kier alpha value is -1.70. The van der Waals surface area contributed by atoms with Crippen molar-refractivity contribution in [3.05, 3.63) is 29.6 Å². The van der Waals surface area contributed by atoms with Gasteiger partial charge in [0.05, 0.1) is 32.8 Å². The molecule has 1 amide bonds. The Morgan fingerprint density at radius 3 is 2.78 bits per heavy atom. The van der Waals surface area contributed by atoms with Crippen LogP contribution in [0.3, 0.4) is 0 Å². The first-order chi connectivity index (χ1) is 13.1. The first kappa shape index (κ1) is 20.0. The number of nitrogens with one attached hydrogen (secondary N) is 1. The molecule has 6 nitrogen and oxygen atoms in total. The van der Waals surface area contributed by atoms with Crippen LogP contribution in [0.2, 0.25) is 0 Å². The van der Waals surface area contributed by atoms with Gasteiger partial charge >= 0.3 is 0 Å². The lowest BCUT2D eigenvalue weighted by molar-refractivity contribution is -0.134. The van der Waals surface area contributed by atoms with E-state index in [-0.39, 0.29) is 29.8 Å². The number of hydrogen-bond donors (Lipinski definition) is 1. The third kappa shape index (κ3) is 4.78. The van der Waals surface area contributed by atoms with Crippen LogP contribution in [0, 0.1) is 5.82 Å². The molecule has 0 spiro atoms. The fourth-order valence-electron chi connectivity index (χ4n) is 4.08. The number of halogens is 1. The molecule has 1 saturated carbocycles. The second-order valence-corrected chi connectivity index (χ2v) is 7.22. The number of ether oxygens (including phenoxy) is 3. The van der Waals surface area contributed by atoms with Gasteiger partial charge in [-0.05, 0) is 38.0 Å². The van der Waals surface area contributed by atoms with Gasteiger partial charge in [0, 0.05) is 37.3 Å². The molecule has 0 bridgehead atoms. The standard InChI is InChI=1S/C20H29FN2O4/c1-3-27-17-12-20(13-17,23-6-8-26-9-7-23)14-22-19(24)11-15-10-16(21)4-5-18(15)25-2/h4-5,10,17H,3,6-9,11-14H2,1-2H3,(H,22,24). The number of carbonyl (C=O) groups is 1. The van der Waals surface area contributed by atoms with Crippen LogP contribution in [0.1, 0.15) is 25.3 Å². The van der Waals surface area contributed by atoms with Crippen LogP contribution < -0.4 is 10.1 Å². The monoisotopic (exact) mass is 380 g/mol. The van der Waals surface area contributed by atoms with Crippen molar-refractivity contribution in [1.29, 1.82) is 0 Å². The Morgan fingerprint density at radius 2 is 2.11 bits per heavy atom. The van der Waals surface area contributed by atoms with Crippen molar-refractivity contribution < 1.29 is 23.4 Å². The first-order valence-corrected chi connectivity index (χ1v) is 9.60. The smallest absolute Gasteiger partial charge is 0.224 e. The average molecular weight is 380 g/mol. The molecule has 1 aliphatic heterocycles. The van der Waals surface area contributed by atoms with E-state index in [0.717, 1.165) is 39.1 Å². The van der Waals surface area contributed by atoms with E-state index in [1.165, 1.54) is 19.2 Å². The average Bonchev–Trinajstić information content (AvgIpc) is 2.64. The SMILES string of the molecule is CCOC1CC(CNC(=O)Cc2cc(F)ccc2OC)(N2CCOCC2)C1. The minimum absolute atomic E-state index is 0.0781. The van der Waals surface area contributed by atoms with Gasteiger partial charge in [0.1, 0.15) is 11.6 Å². The van der Waals surface area contributed by atoms with Crippen LogP contribution in [0.15, 0.2) is 18.2 Å². The molecule has 150 valence electrons. The Balaban J connectivity index is 1.60. The summed E-state index contributed by atoms with van der Waals surface area (Å²) < 4.78 is 30.0. The van der Waals surface area contributed by atoms with Crippen LogP contribution >= 0.6 is 0 Å². The summed E-state index contributed by atoms with van der Waals surface area (Å²) in [4.78, 5) is 14.9. The molecule has 1 aliphatic carbocycles. The van der Waals surface area contributed by atoms with Gasteiger partial charge in [-0.15, -0.1) is 0 Å². The summed E-state index contributed by atoms with van der Waals surface area (Å²) in [5, 5.41) is 3.05. The second-order valence-electron chi connectivity index (χ2n) is 7.22. The quantitative estimate of drug-likeness (QED) is 0.745. The molecule has 0 aromatic heterocycles. The van der Waals surface area contributed by atoms with Crippen LogP contribution in [-0.4, -0.2) is 69.0 Å². The van der Waals surface area contributed by atoms with E-state index in [9.17, 15) is 9.18 Å². The van der Waals surface area contributed by atoms with E-state index in [4.69, 9.17) is 14.2 Å². The maximum atomic E-state index is 13.5. The highest BCUT2D eigenvalue weighted by atomic mass is 19.1. The predicted octanol–water partition coefficient (Wildman–Crippen LogP) is 1.76. The molecule has 1 aromatic carbocycles. The summed E-state index contributed by atoms with van der Waals surface area (Å²) in [6.07, 6.45) is 2.15. The zero-order valence-corrected chi connectivity index (χ0v) is 16.1. The topological polar surface area (TPSA) is 60.0 Å². The molecule has 3 rings (SSSR count).